The molecule has 194 valence electrons. The van der Waals surface area contributed by atoms with Crippen LogP contribution in [0.2, 0.25) is 5.02 Å². The zero-order chi connectivity index (χ0) is 25.9. The molecule has 15 heteroatoms. The van der Waals surface area contributed by atoms with Gasteiger partial charge in [0, 0.05) is 30.8 Å². The van der Waals surface area contributed by atoms with Gasteiger partial charge in [0.1, 0.15) is 18.0 Å². The molecule has 3 aromatic rings. The first-order valence-electron chi connectivity index (χ1n) is 11.2. The van der Waals surface area contributed by atoms with Crippen LogP contribution in [0, 0.1) is 0 Å². The summed E-state index contributed by atoms with van der Waals surface area (Å²) in [5.74, 6) is 0.397. The van der Waals surface area contributed by atoms with Crippen molar-refractivity contribution in [2.75, 3.05) is 32.2 Å². The van der Waals surface area contributed by atoms with Crippen LogP contribution in [0.25, 0.3) is 5.69 Å². The molecule has 13 nitrogen and oxygen atoms in total. The number of aromatic nitrogens is 7. The molecule has 0 aliphatic carbocycles. The molecule has 1 aliphatic rings. The third-order valence-corrected chi connectivity index (χ3v) is 8.10. The van der Waals surface area contributed by atoms with Gasteiger partial charge in [-0.3, -0.25) is 9.29 Å². The minimum atomic E-state index is -4.00. The fourth-order valence-corrected chi connectivity index (χ4v) is 5.21. The number of nitrogens with zero attached hydrogens (tertiary/aromatic N) is 7. The Hall–Kier alpha value is -3.10. The second-order valence-corrected chi connectivity index (χ2v) is 10.7. The topological polar surface area (TPSA) is 156 Å². The number of sulfonamides is 1. The van der Waals surface area contributed by atoms with E-state index in [4.69, 9.17) is 25.8 Å². The molecule has 1 aliphatic heterocycles. The lowest BCUT2D eigenvalue weighted by atomic mass is 10.0. The molecule has 0 aromatic carbocycles. The first-order valence-corrected chi connectivity index (χ1v) is 13.1. The van der Waals surface area contributed by atoms with Crippen molar-refractivity contribution in [2.45, 2.75) is 43.8 Å². The lowest BCUT2D eigenvalue weighted by Gasteiger charge is -2.24. The first-order chi connectivity index (χ1) is 17.3. The zero-order valence-corrected chi connectivity index (χ0v) is 21.8. The maximum atomic E-state index is 13.5. The summed E-state index contributed by atoms with van der Waals surface area (Å²) in [6.45, 7) is 4.34. The lowest BCUT2D eigenvalue weighted by molar-refractivity contribution is 0.0775. The van der Waals surface area contributed by atoms with Crippen LogP contribution in [-0.4, -0.2) is 75.8 Å². The number of ether oxygens (including phenoxy) is 3. The molecule has 1 fully saturated rings. The predicted octanol–water partition coefficient (Wildman–Crippen LogP) is 2.35. The Morgan fingerprint density at radius 3 is 2.36 bits per heavy atom. The highest BCUT2D eigenvalue weighted by Gasteiger charge is 2.34. The number of nitrogens with one attached hydrogen (secondary N) is 1. The van der Waals surface area contributed by atoms with E-state index in [1.807, 2.05) is 0 Å². The van der Waals surface area contributed by atoms with Crippen LogP contribution in [0.4, 0.5) is 5.95 Å². The van der Waals surface area contributed by atoms with Gasteiger partial charge in [-0.2, -0.15) is 9.97 Å². The minimum Gasteiger partial charge on any atom is -0.479 e. The molecule has 1 N–H and O–H groups in total. The van der Waals surface area contributed by atoms with E-state index in [1.165, 1.54) is 37.5 Å². The smallest absolute Gasteiger partial charge is 0.245 e. The van der Waals surface area contributed by atoms with Crippen LogP contribution in [0.3, 0.4) is 0 Å². The summed E-state index contributed by atoms with van der Waals surface area (Å²) in [6.07, 6.45) is 5.75. The van der Waals surface area contributed by atoms with Crippen molar-refractivity contribution in [1.82, 2.24) is 34.7 Å². The van der Waals surface area contributed by atoms with Crippen LogP contribution in [0.1, 0.15) is 50.2 Å². The van der Waals surface area contributed by atoms with E-state index in [0.29, 0.717) is 29.9 Å². The predicted molar refractivity (Wildman–Crippen MR) is 130 cm³/mol. The number of rotatable bonds is 9. The van der Waals surface area contributed by atoms with Gasteiger partial charge < -0.3 is 14.2 Å². The second-order valence-electron chi connectivity index (χ2n) is 8.27. The van der Waals surface area contributed by atoms with E-state index in [0.717, 1.165) is 12.8 Å². The molecule has 36 heavy (non-hydrogen) atoms. The average molecular weight is 539 g/mol. The van der Waals surface area contributed by atoms with Gasteiger partial charge in [-0.15, -0.1) is 10.2 Å². The van der Waals surface area contributed by atoms with Crippen LogP contribution < -0.4 is 14.2 Å². The first kappa shape index (κ1) is 26.0. The van der Waals surface area contributed by atoms with Crippen LogP contribution in [0.15, 0.2) is 18.7 Å². The van der Waals surface area contributed by atoms with Crippen molar-refractivity contribution in [2.24, 2.45) is 0 Å². The normalized spacial score (nSPS) is 17.9. The highest BCUT2D eigenvalue weighted by Crippen LogP contribution is 2.36. The Balaban J connectivity index is 1.77. The average Bonchev–Trinajstić information content (AvgIpc) is 3.30. The molecule has 3 atom stereocenters. The third kappa shape index (κ3) is 5.20. The fraction of sp³-hybridized carbons (Fsp3) is 0.524. The second kappa shape index (κ2) is 10.9. The highest BCUT2D eigenvalue weighted by atomic mass is 35.5. The van der Waals surface area contributed by atoms with Crippen LogP contribution in [-0.2, 0) is 14.8 Å². The van der Waals surface area contributed by atoms with Gasteiger partial charge in [0.05, 0.1) is 31.1 Å². The zero-order valence-electron chi connectivity index (χ0n) is 20.3. The molecule has 0 spiro atoms. The summed E-state index contributed by atoms with van der Waals surface area (Å²) in [6, 6.07) is 0. The number of anilines is 1. The van der Waals surface area contributed by atoms with E-state index < -0.39 is 21.2 Å². The monoisotopic (exact) mass is 538 g/mol. The molecule has 3 aromatic heterocycles. The molecule has 0 amide bonds. The summed E-state index contributed by atoms with van der Waals surface area (Å²) in [5, 5.41) is 7.94. The minimum absolute atomic E-state index is 0.0574. The number of halogens is 1. The van der Waals surface area contributed by atoms with Crippen molar-refractivity contribution in [1.29, 1.82) is 0 Å². The Bertz CT molecular complexity index is 1280. The number of hydrogen-bond acceptors (Lipinski definition) is 11. The van der Waals surface area contributed by atoms with Gasteiger partial charge in [-0.05, 0) is 19.8 Å². The molecule has 1 unspecified atom stereocenters. The van der Waals surface area contributed by atoms with E-state index in [9.17, 15) is 8.42 Å². The molecule has 1 saturated heterocycles. The van der Waals surface area contributed by atoms with Crippen molar-refractivity contribution in [3.8, 4) is 17.4 Å². The van der Waals surface area contributed by atoms with Crippen LogP contribution >= 0.6 is 11.6 Å². The Labute approximate surface area is 213 Å². The maximum Gasteiger partial charge on any atom is 0.245 e. The quantitative estimate of drug-likeness (QED) is 0.426. The van der Waals surface area contributed by atoms with Crippen molar-refractivity contribution in [3.63, 3.8) is 0 Å². The Kier molecular flexibility index (Phi) is 7.85. The van der Waals surface area contributed by atoms with Gasteiger partial charge in [0.2, 0.25) is 27.7 Å². The summed E-state index contributed by atoms with van der Waals surface area (Å²) in [5.41, 5.74) is 0.271. The molecule has 0 radical (unpaired) electrons. The van der Waals surface area contributed by atoms with E-state index in [1.54, 1.807) is 13.8 Å². The molecule has 0 bridgehead atoms. The van der Waals surface area contributed by atoms with Gasteiger partial charge in [-0.25, -0.2) is 18.4 Å². The summed E-state index contributed by atoms with van der Waals surface area (Å²) < 4.78 is 47.6. The van der Waals surface area contributed by atoms with E-state index in [-0.39, 0.29) is 29.3 Å². The van der Waals surface area contributed by atoms with Gasteiger partial charge in [0.25, 0.3) is 0 Å². The van der Waals surface area contributed by atoms with Gasteiger partial charge in [0.15, 0.2) is 5.69 Å². The molecular weight excluding hydrogens is 512 g/mol. The summed E-state index contributed by atoms with van der Waals surface area (Å²) in [4.78, 5) is 16.7. The third-order valence-electron chi connectivity index (χ3n) is 6.05. The van der Waals surface area contributed by atoms with E-state index >= 15 is 0 Å². The van der Waals surface area contributed by atoms with Gasteiger partial charge in [-0.1, -0.05) is 18.5 Å². The fourth-order valence-electron chi connectivity index (χ4n) is 3.89. The highest BCUT2D eigenvalue weighted by molar-refractivity contribution is 7.93. The Morgan fingerprint density at radius 2 is 1.78 bits per heavy atom. The maximum absolute atomic E-state index is 13.5. The van der Waals surface area contributed by atoms with Gasteiger partial charge >= 0.3 is 0 Å². The molecular formula is C21H27ClN8O5S. The van der Waals surface area contributed by atoms with Crippen molar-refractivity contribution in [3.05, 3.63) is 35.4 Å². The molecule has 4 heterocycles. The van der Waals surface area contributed by atoms with Crippen LogP contribution in [0.5, 0.6) is 11.8 Å². The summed E-state index contributed by atoms with van der Waals surface area (Å²) >= 11 is 5.87. The lowest BCUT2D eigenvalue weighted by Crippen LogP contribution is -2.31. The van der Waals surface area contributed by atoms with Crippen molar-refractivity contribution < 1.29 is 22.6 Å². The standard InChI is InChI=1S/C21H27ClN8O5S/c1-12(17-23-8-15(22)9-24-17)13(2)36(31,32)29-21-28-27-18(14-6-5-7-35-10-14)30(21)16-19(33-3)25-11-26-20(16)34-4/h8-9,11-14H,5-7,10H2,1-4H3,(H,28,29)/t12-,13-,14?/m0/s1. The van der Waals surface area contributed by atoms with Crippen molar-refractivity contribution >= 4 is 27.6 Å². The largest absolute Gasteiger partial charge is 0.479 e. The molecule has 4 rings (SSSR count). The molecule has 0 saturated carbocycles. The number of hydrogen-bond donors (Lipinski definition) is 1. The van der Waals surface area contributed by atoms with E-state index in [2.05, 4.69) is 34.9 Å². The number of methoxy groups -OCH3 is 2. The Morgan fingerprint density at radius 1 is 1.11 bits per heavy atom. The summed E-state index contributed by atoms with van der Waals surface area (Å²) in [7, 11) is -1.11. The SMILES string of the molecule is COc1ncnc(OC)c1-n1c(NS(=O)(=O)[C@@H](C)[C@H](C)c2ncc(Cl)cn2)nnc1C1CCCOC1.